The lowest BCUT2D eigenvalue weighted by Gasteiger charge is -2.33. The van der Waals surface area contributed by atoms with Crippen LogP contribution in [-0.4, -0.2) is 50.2 Å². The average Bonchev–Trinajstić information content (AvgIpc) is 1.57. The highest BCUT2D eigenvalue weighted by molar-refractivity contribution is 6.40. The number of aromatic nitrogens is 4. The molecule has 510 valence electrons. The molecule has 0 bridgehead atoms. The quantitative estimate of drug-likeness (QED) is 0.0299. The Morgan fingerprint density at radius 3 is 0.903 bits per heavy atom. The van der Waals surface area contributed by atoms with Crippen molar-refractivity contribution in [3.63, 3.8) is 0 Å². The van der Waals surface area contributed by atoms with Gasteiger partial charge >= 0.3 is 30.3 Å². The lowest BCUT2D eigenvalue weighted by molar-refractivity contribution is 0.309. The van der Waals surface area contributed by atoms with Gasteiger partial charge in [0.05, 0.1) is 11.5 Å². The van der Waals surface area contributed by atoms with Gasteiger partial charge in [0.15, 0.2) is 0 Å². The van der Waals surface area contributed by atoms with Gasteiger partial charge in [-0.2, -0.15) is 0 Å². The third-order valence-corrected chi connectivity index (χ3v) is 23.0. The zero-order chi connectivity index (χ0) is 69.6. The molecule has 0 atom stereocenters. The van der Waals surface area contributed by atoms with E-state index in [2.05, 4.69) is 143 Å². The van der Waals surface area contributed by atoms with E-state index in [0.29, 0.717) is 34.5 Å². The number of rotatable bonds is 32. The minimum atomic E-state index is -2.90. The van der Waals surface area contributed by atoms with Crippen LogP contribution in [0.25, 0.3) is 77.0 Å². The van der Waals surface area contributed by atoms with Crippen LogP contribution in [0.2, 0.25) is 0 Å². The Morgan fingerprint density at radius 2 is 0.573 bits per heavy atom. The lowest BCUT2D eigenvalue weighted by Crippen LogP contribution is -2.37. The summed E-state index contributed by atoms with van der Waals surface area (Å²) in [6, 6.07) is 88.7. The summed E-state index contributed by atoms with van der Waals surface area (Å²) in [7, 11) is 0. The summed E-state index contributed by atoms with van der Waals surface area (Å²) in [4.78, 5) is 18.5. The van der Waals surface area contributed by atoms with E-state index in [-0.39, 0.29) is 5.41 Å². The molecule has 0 saturated heterocycles. The van der Waals surface area contributed by atoms with Gasteiger partial charge in [0.2, 0.25) is 0 Å². The number of aryl methyl sites for hydroxylation is 4. The molecular formula is C91H84Al2N4O6. The van der Waals surface area contributed by atoms with Gasteiger partial charge in [-0.25, -0.2) is 0 Å². The molecule has 1 aliphatic carbocycles. The third kappa shape index (κ3) is 16.5. The SMILES string of the molecule is Cc1ccc2c(c1)-c1cc(C)ccc1C2(CCCCCCCCc1ccc(-c2ccc([O][Al]([O]c3cccc4cccnc34)[O]c3cccc4cccnc34)cc2)cc1)CCCCCCCCc1ccc(-c2ccc([O][Al]([O]c3cccc4cccnc34)[O]c3cccc4cccnc34)cc2)cc1. The van der Waals surface area contributed by atoms with Crippen LogP contribution in [0.15, 0.2) is 280 Å². The van der Waals surface area contributed by atoms with E-state index < -0.39 is 30.3 Å². The second-order valence-corrected chi connectivity index (χ2v) is 30.0. The van der Waals surface area contributed by atoms with Crippen molar-refractivity contribution in [2.24, 2.45) is 0 Å². The number of hydrogen-bond acceptors (Lipinski definition) is 10. The summed E-state index contributed by atoms with van der Waals surface area (Å²) in [5.74, 6) is 3.83. The van der Waals surface area contributed by atoms with Crippen LogP contribution >= 0.6 is 0 Å². The minimum absolute atomic E-state index is 0.0693. The molecule has 0 N–H and O–H groups in total. The predicted octanol–water partition coefficient (Wildman–Crippen LogP) is 23.1. The topological polar surface area (TPSA) is 107 Å². The fourth-order valence-electron chi connectivity index (χ4n) is 15.0. The number of benzene rings is 10. The van der Waals surface area contributed by atoms with Crippen LogP contribution in [0.4, 0.5) is 0 Å². The molecule has 4 aromatic heterocycles. The molecule has 10 nitrogen and oxygen atoms in total. The number of hydrogen-bond donors (Lipinski definition) is 0. The zero-order valence-electron chi connectivity index (χ0n) is 58.8. The molecule has 0 amide bonds. The standard InChI is InChI=1S/C55H62O2.4C9H7NO.2Al/c1-41-17-35-53-51(39-41)52-40-42(2)18-36-54(52)55(53,37-13-9-5-3-7-11-15-43-19-23-45(24-20-43)47-27-31-49(56)32-28-47)38-14-10-6-4-8-12-16-44-21-25-46(26-22-44)48-29-33-50(57)34-30-48;4*11-8-5-1-3-7-4-2-6-10-9(7)8;;/h17-36,39-40,56-57H,3-16,37-38H2,1-2H3;4*1-6,11H;;/q;;;;;2*+3/p-6. The highest BCUT2D eigenvalue weighted by Gasteiger charge is 2.47. The van der Waals surface area contributed by atoms with Crippen molar-refractivity contribution in [1.29, 1.82) is 0 Å². The molecular weight excluding hydrogens is 1300 g/mol. The van der Waals surface area contributed by atoms with E-state index in [1.165, 1.54) is 134 Å². The van der Waals surface area contributed by atoms with E-state index in [9.17, 15) is 0 Å². The van der Waals surface area contributed by atoms with Crippen LogP contribution in [0.1, 0.15) is 123 Å². The summed E-state index contributed by atoms with van der Waals surface area (Å²) in [5.41, 5.74) is 19.2. The summed E-state index contributed by atoms with van der Waals surface area (Å²) in [5, 5.41) is 3.94. The van der Waals surface area contributed by atoms with Crippen molar-refractivity contribution >= 4 is 73.9 Å². The largest absolute Gasteiger partial charge is 1.20 e. The molecule has 4 heterocycles. The van der Waals surface area contributed by atoms with E-state index in [0.717, 1.165) is 67.6 Å². The van der Waals surface area contributed by atoms with Crippen molar-refractivity contribution in [2.75, 3.05) is 0 Å². The van der Waals surface area contributed by atoms with Crippen molar-refractivity contribution in [3.8, 4) is 67.9 Å². The summed E-state index contributed by atoms with van der Waals surface area (Å²) in [6.45, 7) is 4.50. The fourth-order valence-corrected chi connectivity index (χ4v) is 17.6. The van der Waals surface area contributed by atoms with E-state index in [4.69, 9.17) is 22.7 Å². The van der Waals surface area contributed by atoms with Crippen molar-refractivity contribution < 1.29 is 22.7 Å². The number of fused-ring (bicyclic) bond motifs is 7. The van der Waals surface area contributed by atoms with Gasteiger partial charge in [0.25, 0.3) is 0 Å². The van der Waals surface area contributed by atoms with Crippen LogP contribution in [0, 0.1) is 13.8 Å². The van der Waals surface area contributed by atoms with Gasteiger partial charge in [-0.15, -0.1) is 0 Å². The fraction of sp³-hybridized carbons (Fsp3) is 0.209. The summed E-state index contributed by atoms with van der Waals surface area (Å²) in [6.07, 6.45) is 26.7. The Hall–Kier alpha value is -10.3. The normalized spacial score (nSPS) is 12.1. The maximum atomic E-state index is 6.59. The molecule has 103 heavy (non-hydrogen) atoms. The van der Waals surface area contributed by atoms with Gasteiger partial charge in [-0.1, -0.05) is 257 Å². The Bertz CT molecular complexity index is 4680. The number of pyridine rings is 4. The van der Waals surface area contributed by atoms with Gasteiger partial charge in [0, 0.05) is 51.7 Å². The summed E-state index contributed by atoms with van der Waals surface area (Å²) < 4.78 is 39.5. The molecule has 1 aliphatic rings. The number of nitrogens with zero attached hydrogens (tertiary/aromatic N) is 4. The molecule has 10 aromatic carbocycles. The predicted molar refractivity (Wildman–Crippen MR) is 420 cm³/mol. The van der Waals surface area contributed by atoms with E-state index in [1.807, 2.05) is 146 Å². The molecule has 0 unspecified atom stereocenters. The minimum Gasteiger partial charge on any atom is -0.577 e. The first-order valence-electron chi connectivity index (χ1n) is 36.8. The third-order valence-electron chi connectivity index (χ3n) is 20.3. The highest BCUT2D eigenvalue weighted by Crippen LogP contribution is 2.55. The highest BCUT2D eigenvalue weighted by atomic mass is 27.3. The molecule has 0 fully saturated rings. The monoisotopic (exact) mass is 1380 g/mol. The van der Waals surface area contributed by atoms with Crippen molar-refractivity contribution in [1.82, 2.24) is 19.9 Å². The first-order valence-corrected chi connectivity index (χ1v) is 39.6. The van der Waals surface area contributed by atoms with Crippen molar-refractivity contribution in [3.05, 3.63) is 313 Å². The molecule has 15 rings (SSSR count). The maximum Gasteiger partial charge on any atom is 1.20 e. The van der Waals surface area contributed by atoms with Crippen LogP contribution < -0.4 is 22.7 Å². The van der Waals surface area contributed by atoms with Crippen LogP contribution in [-0.2, 0) is 18.3 Å². The maximum absolute atomic E-state index is 6.59. The van der Waals surface area contributed by atoms with Gasteiger partial charge in [-0.05, 0) is 181 Å². The van der Waals surface area contributed by atoms with Crippen LogP contribution in [0.5, 0.6) is 34.5 Å². The first kappa shape index (κ1) is 68.5. The first-order chi connectivity index (χ1) is 50.8. The Balaban J connectivity index is 0.501. The second kappa shape index (κ2) is 32.8. The Kier molecular flexibility index (Phi) is 21.8. The molecule has 12 heteroatoms. The molecule has 0 aliphatic heterocycles. The Labute approximate surface area is 615 Å². The van der Waals surface area contributed by atoms with Crippen molar-refractivity contribution in [2.45, 2.75) is 122 Å². The number of unbranched alkanes of at least 4 members (excludes halogenated alkanes) is 10. The number of para-hydroxylation sites is 4. The second-order valence-electron chi connectivity index (χ2n) is 27.5. The lowest BCUT2D eigenvalue weighted by atomic mass is 9.70. The molecule has 0 saturated carbocycles. The zero-order valence-corrected chi connectivity index (χ0v) is 61.1. The smallest absolute Gasteiger partial charge is 0.577 e. The Morgan fingerprint density at radius 1 is 0.282 bits per heavy atom. The molecule has 14 aromatic rings. The molecule has 0 radical (unpaired) electrons. The molecule has 0 spiro atoms. The average molecular weight is 1380 g/mol. The van der Waals surface area contributed by atoms with Gasteiger partial charge in [0.1, 0.15) is 45.1 Å². The van der Waals surface area contributed by atoms with Gasteiger partial charge in [-0.3, -0.25) is 19.9 Å². The van der Waals surface area contributed by atoms with Crippen LogP contribution in [0.3, 0.4) is 0 Å². The van der Waals surface area contributed by atoms with E-state index in [1.54, 1.807) is 35.9 Å². The van der Waals surface area contributed by atoms with E-state index >= 15 is 0 Å². The van der Waals surface area contributed by atoms with Gasteiger partial charge < -0.3 is 22.7 Å². The summed E-state index contributed by atoms with van der Waals surface area (Å²) >= 11 is -5.80.